The van der Waals surface area contributed by atoms with Crippen LogP contribution in [0.3, 0.4) is 0 Å². The zero-order valence-electron chi connectivity index (χ0n) is 16.1. The summed E-state index contributed by atoms with van der Waals surface area (Å²) in [5.74, 6) is 1.02. The van der Waals surface area contributed by atoms with Crippen molar-refractivity contribution in [2.45, 2.75) is 19.9 Å². The predicted molar refractivity (Wildman–Crippen MR) is 111 cm³/mol. The van der Waals surface area contributed by atoms with Gasteiger partial charge in [0.25, 0.3) is 5.69 Å². The number of anilines is 3. The molecule has 0 saturated carbocycles. The van der Waals surface area contributed by atoms with Crippen molar-refractivity contribution in [3.63, 3.8) is 0 Å². The lowest BCUT2D eigenvalue weighted by Gasteiger charge is -2.20. The van der Waals surface area contributed by atoms with Crippen LogP contribution in [-0.4, -0.2) is 37.6 Å². The maximum absolute atomic E-state index is 10.8. The van der Waals surface area contributed by atoms with Crippen LogP contribution in [-0.2, 0) is 0 Å². The molecule has 3 N–H and O–H groups in total. The molecule has 0 bridgehead atoms. The number of nitro benzene ring substituents is 1. The number of non-ortho nitro benzene ring substituents is 1. The Hall–Kier alpha value is -3.59. The van der Waals surface area contributed by atoms with Crippen molar-refractivity contribution in [1.29, 1.82) is 0 Å². The Balaban J connectivity index is 1.94. The fourth-order valence-corrected chi connectivity index (χ4v) is 2.62. The Morgan fingerprint density at radius 2 is 1.86 bits per heavy atom. The highest BCUT2D eigenvalue weighted by atomic mass is 16.6. The summed E-state index contributed by atoms with van der Waals surface area (Å²) in [6.07, 6.45) is 1.68. The molecule has 2 heterocycles. The molecule has 0 saturated heterocycles. The standard InChI is InChI=1S/C20H22N6O3/c1-13(2)18(12-27)24-20-23-17(16-5-3-4-10-21-16)11-19(25-20)22-14-6-8-15(9-7-14)26(28)29/h3-11,13,18,27H,12H2,1-2H3,(H2,22,23,24,25)/t18-/m0/s1. The maximum atomic E-state index is 10.8. The Morgan fingerprint density at radius 3 is 2.45 bits per heavy atom. The molecule has 1 atom stereocenters. The first kappa shape index (κ1) is 20.2. The average molecular weight is 394 g/mol. The molecule has 150 valence electrons. The fourth-order valence-electron chi connectivity index (χ4n) is 2.62. The third kappa shape index (κ3) is 5.23. The molecule has 0 aliphatic rings. The number of hydrogen-bond acceptors (Lipinski definition) is 8. The number of hydrogen-bond donors (Lipinski definition) is 3. The first-order chi connectivity index (χ1) is 14.0. The van der Waals surface area contributed by atoms with Crippen molar-refractivity contribution in [1.82, 2.24) is 15.0 Å². The molecular weight excluding hydrogens is 372 g/mol. The van der Waals surface area contributed by atoms with Gasteiger partial charge in [0.2, 0.25) is 5.95 Å². The highest BCUT2D eigenvalue weighted by molar-refractivity contribution is 5.65. The molecule has 3 aromatic rings. The van der Waals surface area contributed by atoms with E-state index >= 15 is 0 Å². The van der Waals surface area contributed by atoms with Crippen LogP contribution < -0.4 is 10.6 Å². The van der Waals surface area contributed by atoms with Crippen LogP contribution in [0.2, 0.25) is 0 Å². The summed E-state index contributed by atoms with van der Waals surface area (Å²) >= 11 is 0. The number of pyridine rings is 1. The highest BCUT2D eigenvalue weighted by Gasteiger charge is 2.15. The lowest BCUT2D eigenvalue weighted by Crippen LogP contribution is -2.30. The summed E-state index contributed by atoms with van der Waals surface area (Å²) in [5, 5.41) is 26.7. The molecule has 3 rings (SSSR count). The second-order valence-electron chi connectivity index (χ2n) is 6.78. The Labute approximate surface area is 168 Å². The van der Waals surface area contributed by atoms with Crippen molar-refractivity contribution >= 4 is 23.1 Å². The summed E-state index contributed by atoms with van der Waals surface area (Å²) in [5.41, 5.74) is 1.94. The van der Waals surface area contributed by atoms with E-state index in [4.69, 9.17) is 0 Å². The predicted octanol–water partition coefficient (Wildman–Crippen LogP) is 3.62. The average Bonchev–Trinajstić information content (AvgIpc) is 2.72. The van der Waals surface area contributed by atoms with Gasteiger partial charge in [0, 0.05) is 30.1 Å². The Morgan fingerprint density at radius 1 is 1.10 bits per heavy atom. The van der Waals surface area contributed by atoms with Crippen molar-refractivity contribution in [2.75, 3.05) is 17.2 Å². The van der Waals surface area contributed by atoms with Crippen molar-refractivity contribution in [2.24, 2.45) is 5.92 Å². The minimum atomic E-state index is -0.448. The summed E-state index contributed by atoms with van der Waals surface area (Å²) in [4.78, 5) is 23.7. The van der Waals surface area contributed by atoms with E-state index in [1.54, 1.807) is 24.4 Å². The normalized spacial score (nSPS) is 11.9. The topological polar surface area (TPSA) is 126 Å². The van der Waals surface area contributed by atoms with Gasteiger partial charge < -0.3 is 15.7 Å². The lowest BCUT2D eigenvalue weighted by molar-refractivity contribution is -0.384. The Bertz CT molecular complexity index is 964. The van der Waals surface area contributed by atoms with E-state index in [1.165, 1.54) is 12.1 Å². The van der Waals surface area contributed by atoms with Crippen LogP contribution in [0.15, 0.2) is 54.7 Å². The number of nitro groups is 1. The van der Waals surface area contributed by atoms with E-state index in [9.17, 15) is 15.2 Å². The number of rotatable bonds is 8. The molecular formula is C20H22N6O3. The van der Waals surface area contributed by atoms with E-state index < -0.39 is 4.92 Å². The first-order valence-electron chi connectivity index (χ1n) is 9.15. The fraction of sp³-hybridized carbons (Fsp3) is 0.250. The summed E-state index contributed by atoms with van der Waals surface area (Å²) < 4.78 is 0. The largest absolute Gasteiger partial charge is 0.394 e. The zero-order valence-corrected chi connectivity index (χ0v) is 16.1. The molecule has 9 nitrogen and oxygen atoms in total. The van der Waals surface area contributed by atoms with Gasteiger partial charge in [0.1, 0.15) is 5.82 Å². The van der Waals surface area contributed by atoms with Crippen LogP contribution in [0.1, 0.15) is 13.8 Å². The minimum absolute atomic E-state index is 0.0116. The van der Waals surface area contributed by atoms with Crippen molar-refractivity contribution in [3.8, 4) is 11.4 Å². The molecule has 0 aliphatic heterocycles. The molecule has 1 aromatic carbocycles. The van der Waals surface area contributed by atoms with Gasteiger partial charge in [-0.25, -0.2) is 4.98 Å². The van der Waals surface area contributed by atoms with E-state index in [2.05, 4.69) is 25.6 Å². The maximum Gasteiger partial charge on any atom is 0.269 e. The summed E-state index contributed by atoms with van der Waals surface area (Å²) in [6, 6.07) is 13.1. The number of nitrogens with zero attached hydrogens (tertiary/aromatic N) is 4. The van der Waals surface area contributed by atoms with Gasteiger partial charge in [-0.3, -0.25) is 15.1 Å². The van der Waals surface area contributed by atoms with Gasteiger partial charge in [0.15, 0.2) is 0 Å². The summed E-state index contributed by atoms with van der Waals surface area (Å²) in [6.45, 7) is 3.93. The zero-order chi connectivity index (χ0) is 20.8. The monoisotopic (exact) mass is 394 g/mol. The van der Waals surface area contributed by atoms with E-state index in [0.29, 0.717) is 28.8 Å². The van der Waals surface area contributed by atoms with Crippen molar-refractivity contribution in [3.05, 3.63) is 64.8 Å². The van der Waals surface area contributed by atoms with Gasteiger partial charge in [-0.1, -0.05) is 19.9 Å². The second-order valence-corrected chi connectivity index (χ2v) is 6.78. The van der Waals surface area contributed by atoms with Crippen LogP contribution in [0, 0.1) is 16.0 Å². The molecule has 2 aromatic heterocycles. The molecule has 0 spiro atoms. The van der Waals surface area contributed by atoms with E-state index in [1.807, 2.05) is 32.0 Å². The Kier molecular flexibility index (Phi) is 6.30. The first-order valence-corrected chi connectivity index (χ1v) is 9.15. The molecule has 0 radical (unpaired) electrons. The summed E-state index contributed by atoms with van der Waals surface area (Å²) in [7, 11) is 0. The van der Waals surface area contributed by atoms with Gasteiger partial charge in [-0.15, -0.1) is 0 Å². The quantitative estimate of drug-likeness (QED) is 0.391. The molecule has 0 aliphatic carbocycles. The van der Waals surface area contributed by atoms with Gasteiger partial charge in [-0.2, -0.15) is 4.98 Å². The smallest absolute Gasteiger partial charge is 0.269 e. The SMILES string of the molecule is CC(C)[C@H](CO)Nc1nc(Nc2ccc([N+](=O)[O-])cc2)cc(-c2ccccn2)n1. The van der Waals surface area contributed by atoms with Crippen LogP contribution in [0.5, 0.6) is 0 Å². The molecule has 0 unspecified atom stereocenters. The van der Waals surface area contributed by atoms with Gasteiger partial charge in [-0.05, 0) is 30.2 Å². The van der Waals surface area contributed by atoms with Gasteiger partial charge >= 0.3 is 0 Å². The molecule has 0 amide bonds. The van der Waals surface area contributed by atoms with E-state index in [-0.39, 0.29) is 24.3 Å². The number of aliphatic hydroxyl groups is 1. The van der Waals surface area contributed by atoms with Crippen molar-refractivity contribution < 1.29 is 10.0 Å². The number of aromatic nitrogens is 3. The molecule has 29 heavy (non-hydrogen) atoms. The van der Waals surface area contributed by atoms with Crippen LogP contribution >= 0.6 is 0 Å². The second kappa shape index (κ2) is 9.07. The lowest BCUT2D eigenvalue weighted by atomic mass is 10.1. The van der Waals surface area contributed by atoms with Crippen LogP contribution in [0.4, 0.5) is 23.1 Å². The third-order valence-electron chi connectivity index (χ3n) is 4.32. The number of aliphatic hydroxyl groups excluding tert-OH is 1. The van der Waals surface area contributed by atoms with Gasteiger partial charge in [0.05, 0.1) is 29.0 Å². The molecule has 9 heteroatoms. The van der Waals surface area contributed by atoms with E-state index in [0.717, 1.165) is 0 Å². The number of nitrogens with one attached hydrogen (secondary N) is 2. The highest BCUT2D eigenvalue weighted by Crippen LogP contribution is 2.24. The number of benzene rings is 1. The van der Waals surface area contributed by atoms with Crippen LogP contribution in [0.25, 0.3) is 11.4 Å². The molecule has 0 fully saturated rings. The minimum Gasteiger partial charge on any atom is -0.394 e. The third-order valence-corrected chi connectivity index (χ3v) is 4.32.